The van der Waals surface area contributed by atoms with Crippen molar-refractivity contribution in [2.75, 3.05) is 13.1 Å². The molecule has 4 heteroatoms. The zero-order valence-electron chi connectivity index (χ0n) is 15.0. The van der Waals surface area contributed by atoms with E-state index in [1.54, 1.807) is 0 Å². The van der Waals surface area contributed by atoms with Gasteiger partial charge in [0.15, 0.2) is 0 Å². The van der Waals surface area contributed by atoms with Gasteiger partial charge in [0.25, 0.3) is 0 Å². The highest BCUT2D eigenvalue weighted by molar-refractivity contribution is 5.82. The molecular formula is C20H31N3O. The van der Waals surface area contributed by atoms with Crippen LogP contribution in [0.15, 0.2) is 12.2 Å². The summed E-state index contributed by atoms with van der Waals surface area (Å²) in [5, 5.41) is 12.7. The second kappa shape index (κ2) is 7.27. The summed E-state index contributed by atoms with van der Waals surface area (Å²) in [5.74, 6) is 0.0434. The lowest BCUT2D eigenvalue weighted by molar-refractivity contribution is -0.129. The number of hydrogen-bond donors (Lipinski definition) is 1. The van der Waals surface area contributed by atoms with Crippen LogP contribution < -0.4 is 5.32 Å². The standard InChI is InChI=1S/C20H31N3O/c1-17(18(24)22-20(15-21)12-6-3-7-13-20)23-14-8-11-19(16-23)9-4-2-5-10-19/h2,4,17H,3,5-14,16H2,1H3,(H,22,24). The minimum absolute atomic E-state index is 0.0434. The number of nitriles is 1. The van der Waals surface area contributed by atoms with E-state index in [1.165, 1.54) is 32.1 Å². The summed E-state index contributed by atoms with van der Waals surface area (Å²) in [6, 6.07) is 2.26. The number of piperidine rings is 1. The smallest absolute Gasteiger partial charge is 0.238 e. The molecule has 0 radical (unpaired) electrons. The van der Waals surface area contributed by atoms with Gasteiger partial charge in [-0.1, -0.05) is 31.4 Å². The van der Waals surface area contributed by atoms with Gasteiger partial charge in [-0.3, -0.25) is 9.69 Å². The Bertz CT molecular complexity index is 529. The van der Waals surface area contributed by atoms with Crippen molar-refractivity contribution < 1.29 is 4.79 Å². The molecule has 4 nitrogen and oxygen atoms in total. The maximum Gasteiger partial charge on any atom is 0.238 e. The summed E-state index contributed by atoms with van der Waals surface area (Å²) >= 11 is 0. The second-order valence-electron chi connectivity index (χ2n) is 8.21. The molecule has 0 aromatic carbocycles. The molecule has 0 aromatic rings. The number of rotatable bonds is 3. The second-order valence-corrected chi connectivity index (χ2v) is 8.21. The third kappa shape index (κ3) is 3.67. The number of amides is 1. The Balaban J connectivity index is 1.62. The molecule has 1 saturated carbocycles. The van der Waals surface area contributed by atoms with Crippen LogP contribution >= 0.6 is 0 Å². The van der Waals surface area contributed by atoms with Gasteiger partial charge in [-0.2, -0.15) is 5.26 Å². The van der Waals surface area contributed by atoms with E-state index in [4.69, 9.17) is 0 Å². The quantitative estimate of drug-likeness (QED) is 0.806. The Morgan fingerprint density at radius 2 is 1.96 bits per heavy atom. The van der Waals surface area contributed by atoms with Gasteiger partial charge in [0, 0.05) is 6.54 Å². The molecule has 1 amide bonds. The first-order chi connectivity index (χ1) is 11.6. The first kappa shape index (κ1) is 17.5. The lowest BCUT2D eigenvalue weighted by atomic mass is 9.71. The van der Waals surface area contributed by atoms with Crippen LogP contribution in [0.4, 0.5) is 0 Å². The van der Waals surface area contributed by atoms with Gasteiger partial charge >= 0.3 is 0 Å². The van der Waals surface area contributed by atoms with Crippen molar-refractivity contribution in [2.45, 2.75) is 82.7 Å². The summed E-state index contributed by atoms with van der Waals surface area (Å²) in [5.41, 5.74) is -0.246. The van der Waals surface area contributed by atoms with E-state index in [-0.39, 0.29) is 11.9 Å². The van der Waals surface area contributed by atoms with Crippen LogP contribution in [0.2, 0.25) is 0 Å². The fraction of sp³-hybridized carbons (Fsp3) is 0.800. The Kier molecular flexibility index (Phi) is 5.30. The molecule has 2 aliphatic carbocycles. The first-order valence-corrected chi connectivity index (χ1v) is 9.71. The molecule has 2 unspecified atom stereocenters. The fourth-order valence-electron chi connectivity index (χ4n) is 4.82. The zero-order chi connectivity index (χ0) is 17.0. The minimum Gasteiger partial charge on any atom is -0.336 e. The molecule has 0 aromatic heterocycles. The van der Waals surface area contributed by atoms with Gasteiger partial charge in [0.1, 0.15) is 5.54 Å². The lowest BCUT2D eigenvalue weighted by Crippen LogP contribution is -2.57. The largest absolute Gasteiger partial charge is 0.336 e. The van der Waals surface area contributed by atoms with Gasteiger partial charge in [0.2, 0.25) is 5.91 Å². The average molecular weight is 329 g/mol. The van der Waals surface area contributed by atoms with Crippen LogP contribution in [0.25, 0.3) is 0 Å². The van der Waals surface area contributed by atoms with Gasteiger partial charge < -0.3 is 5.32 Å². The van der Waals surface area contributed by atoms with Crippen LogP contribution in [-0.4, -0.2) is 35.5 Å². The van der Waals surface area contributed by atoms with Crippen molar-refractivity contribution in [3.63, 3.8) is 0 Å². The molecule has 1 N–H and O–H groups in total. The van der Waals surface area contributed by atoms with E-state index in [2.05, 4.69) is 28.4 Å². The van der Waals surface area contributed by atoms with Gasteiger partial charge in [-0.15, -0.1) is 0 Å². The Morgan fingerprint density at radius 3 is 2.62 bits per heavy atom. The summed E-state index contributed by atoms with van der Waals surface area (Å²) in [6.07, 6.45) is 15.5. The SMILES string of the molecule is CC(C(=O)NC1(C#N)CCCCC1)N1CCCC2(CC=CCC2)C1. The molecule has 2 fully saturated rings. The molecule has 3 rings (SSSR count). The molecular weight excluding hydrogens is 298 g/mol. The first-order valence-electron chi connectivity index (χ1n) is 9.71. The van der Waals surface area contributed by atoms with Crippen molar-refractivity contribution in [1.29, 1.82) is 5.26 Å². The van der Waals surface area contributed by atoms with Gasteiger partial charge in [-0.05, 0) is 63.8 Å². The van der Waals surface area contributed by atoms with Crippen LogP contribution in [-0.2, 0) is 4.79 Å². The van der Waals surface area contributed by atoms with Crippen molar-refractivity contribution in [3.8, 4) is 6.07 Å². The molecule has 1 aliphatic heterocycles. The summed E-state index contributed by atoms with van der Waals surface area (Å²) < 4.78 is 0. The Morgan fingerprint density at radius 1 is 1.17 bits per heavy atom. The number of allylic oxidation sites excluding steroid dienone is 2. The summed E-state index contributed by atoms with van der Waals surface area (Å²) in [6.45, 7) is 4.03. The number of carbonyl (C=O) groups excluding carboxylic acids is 1. The monoisotopic (exact) mass is 329 g/mol. The summed E-state index contributed by atoms with van der Waals surface area (Å²) in [7, 11) is 0. The molecule has 2 atom stereocenters. The number of hydrogen-bond acceptors (Lipinski definition) is 3. The lowest BCUT2D eigenvalue weighted by Gasteiger charge is -2.46. The van der Waals surface area contributed by atoms with Crippen molar-refractivity contribution >= 4 is 5.91 Å². The van der Waals surface area contributed by atoms with Crippen LogP contribution in [0.3, 0.4) is 0 Å². The molecule has 132 valence electrons. The van der Waals surface area contributed by atoms with Crippen molar-refractivity contribution in [1.82, 2.24) is 10.2 Å². The minimum atomic E-state index is -0.620. The normalized spacial score (nSPS) is 31.3. The fourth-order valence-corrected chi connectivity index (χ4v) is 4.82. The van der Waals surface area contributed by atoms with E-state index in [1.807, 2.05) is 6.92 Å². The molecule has 3 aliphatic rings. The molecule has 1 spiro atoms. The van der Waals surface area contributed by atoms with Crippen molar-refractivity contribution in [3.05, 3.63) is 12.2 Å². The molecule has 1 heterocycles. The molecule has 1 saturated heterocycles. The average Bonchev–Trinajstić information content (AvgIpc) is 2.62. The van der Waals surface area contributed by atoms with Crippen LogP contribution in [0.5, 0.6) is 0 Å². The zero-order valence-corrected chi connectivity index (χ0v) is 15.0. The van der Waals surface area contributed by atoms with E-state index in [0.717, 1.165) is 45.2 Å². The Hall–Kier alpha value is -1.34. The number of carbonyl (C=O) groups is 1. The number of nitrogens with zero attached hydrogens (tertiary/aromatic N) is 2. The van der Waals surface area contributed by atoms with Crippen LogP contribution in [0.1, 0.15) is 71.1 Å². The Labute approximate surface area is 146 Å². The van der Waals surface area contributed by atoms with Crippen LogP contribution in [0, 0.1) is 16.7 Å². The topological polar surface area (TPSA) is 56.1 Å². The summed E-state index contributed by atoms with van der Waals surface area (Å²) in [4.78, 5) is 15.2. The highest BCUT2D eigenvalue weighted by atomic mass is 16.2. The van der Waals surface area contributed by atoms with Gasteiger partial charge in [0.05, 0.1) is 12.1 Å². The number of likely N-dealkylation sites (tertiary alicyclic amines) is 1. The van der Waals surface area contributed by atoms with E-state index in [9.17, 15) is 10.1 Å². The van der Waals surface area contributed by atoms with E-state index in [0.29, 0.717) is 5.41 Å². The molecule has 24 heavy (non-hydrogen) atoms. The third-order valence-electron chi connectivity index (χ3n) is 6.46. The maximum atomic E-state index is 12.8. The van der Waals surface area contributed by atoms with Gasteiger partial charge in [-0.25, -0.2) is 0 Å². The molecule has 0 bridgehead atoms. The maximum absolute atomic E-state index is 12.8. The predicted octanol–water partition coefficient (Wildman–Crippen LogP) is 3.54. The predicted molar refractivity (Wildman–Crippen MR) is 95.3 cm³/mol. The van der Waals surface area contributed by atoms with E-state index < -0.39 is 5.54 Å². The third-order valence-corrected chi connectivity index (χ3v) is 6.46. The van der Waals surface area contributed by atoms with E-state index >= 15 is 0 Å². The highest BCUT2D eigenvalue weighted by Crippen LogP contribution is 2.41. The van der Waals surface area contributed by atoms with Crippen molar-refractivity contribution in [2.24, 2.45) is 5.41 Å². The highest BCUT2D eigenvalue weighted by Gasteiger charge is 2.40. The number of nitrogens with one attached hydrogen (secondary N) is 1.